The van der Waals surface area contributed by atoms with Gasteiger partial charge < -0.3 is 20.3 Å². The Morgan fingerprint density at radius 1 is 1.56 bits per heavy atom. The molecule has 150 valence electrons. The molecular formula is C19H29ClN4O2S. The number of likely N-dealkylation sites (tertiary alicyclic amines) is 1. The zero-order valence-electron chi connectivity index (χ0n) is 16.0. The lowest BCUT2D eigenvalue weighted by molar-refractivity contribution is -0.107. The van der Waals surface area contributed by atoms with Crippen LogP contribution >= 0.6 is 22.9 Å². The Hall–Kier alpha value is -0.960. The molecule has 0 amide bonds. The van der Waals surface area contributed by atoms with Crippen molar-refractivity contribution in [1.29, 1.82) is 5.41 Å². The van der Waals surface area contributed by atoms with E-state index in [1.54, 1.807) is 18.4 Å². The van der Waals surface area contributed by atoms with E-state index in [9.17, 15) is 0 Å². The fourth-order valence-corrected chi connectivity index (χ4v) is 5.49. The van der Waals surface area contributed by atoms with E-state index in [1.165, 1.54) is 16.7 Å². The first-order valence-electron chi connectivity index (χ1n) is 9.43. The Bertz CT molecular complexity index is 681. The van der Waals surface area contributed by atoms with Gasteiger partial charge in [-0.15, -0.1) is 11.3 Å². The lowest BCUT2D eigenvalue weighted by atomic mass is 9.82. The molecule has 1 aromatic heterocycles. The summed E-state index contributed by atoms with van der Waals surface area (Å²) in [6, 6.07) is 2.49. The summed E-state index contributed by atoms with van der Waals surface area (Å²) < 4.78 is 7.20. The predicted octanol–water partition coefficient (Wildman–Crippen LogP) is 2.93. The van der Waals surface area contributed by atoms with Crippen molar-refractivity contribution >= 4 is 29.2 Å². The van der Waals surface area contributed by atoms with Crippen molar-refractivity contribution in [2.45, 2.75) is 37.8 Å². The van der Waals surface area contributed by atoms with Gasteiger partial charge in [-0.3, -0.25) is 4.90 Å². The highest BCUT2D eigenvalue weighted by molar-refractivity contribution is 7.16. The van der Waals surface area contributed by atoms with Gasteiger partial charge in [0.25, 0.3) is 0 Å². The minimum Gasteiger partial charge on any atom is -0.389 e. The van der Waals surface area contributed by atoms with Gasteiger partial charge in [-0.05, 0) is 43.4 Å². The number of nitrogens with one attached hydrogen (secondary N) is 3. The molecule has 0 bridgehead atoms. The highest BCUT2D eigenvalue weighted by Gasteiger charge is 2.44. The molecule has 2 aliphatic rings. The highest BCUT2D eigenvalue weighted by Crippen LogP contribution is 2.47. The average Bonchev–Trinajstić information content (AvgIpc) is 3.04. The van der Waals surface area contributed by atoms with Crippen LogP contribution < -0.4 is 10.8 Å². The van der Waals surface area contributed by atoms with Crippen molar-refractivity contribution in [2.75, 3.05) is 39.9 Å². The van der Waals surface area contributed by atoms with Crippen molar-refractivity contribution in [3.8, 4) is 0 Å². The largest absolute Gasteiger partial charge is 0.389 e. The molecule has 2 aliphatic heterocycles. The Morgan fingerprint density at radius 2 is 2.41 bits per heavy atom. The Labute approximate surface area is 170 Å². The third-order valence-electron chi connectivity index (χ3n) is 5.37. The Morgan fingerprint density at radius 3 is 3.15 bits per heavy atom. The van der Waals surface area contributed by atoms with Crippen molar-refractivity contribution in [3.05, 3.63) is 32.6 Å². The second-order valence-electron chi connectivity index (χ2n) is 7.19. The first-order valence-corrected chi connectivity index (χ1v) is 10.6. The van der Waals surface area contributed by atoms with Crippen molar-refractivity contribution < 1.29 is 9.57 Å². The number of halogens is 1. The molecular weight excluding hydrogens is 384 g/mol. The lowest BCUT2D eigenvalue weighted by Gasteiger charge is -2.47. The average molecular weight is 413 g/mol. The molecule has 0 aliphatic carbocycles. The molecule has 3 rings (SSSR count). The molecule has 1 aromatic rings. The van der Waals surface area contributed by atoms with E-state index in [-0.39, 0.29) is 5.60 Å². The quantitative estimate of drug-likeness (QED) is 0.348. The SMILES string of the molecule is CONCCN/C=C(\C=N)CN1CCC2(C[C@@H]1C)OCCc1cc(Cl)sc12. The third-order valence-corrected chi connectivity index (χ3v) is 6.86. The second kappa shape index (κ2) is 9.49. The summed E-state index contributed by atoms with van der Waals surface area (Å²) in [6.07, 6.45) is 6.26. The van der Waals surface area contributed by atoms with E-state index in [4.69, 9.17) is 26.6 Å². The number of piperidine rings is 1. The number of nitrogens with zero attached hydrogens (tertiary/aromatic N) is 1. The summed E-state index contributed by atoms with van der Waals surface area (Å²) in [6.45, 7) is 6.21. The van der Waals surface area contributed by atoms with Crippen LogP contribution in [-0.4, -0.2) is 57.1 Å². The molecule has 2 atom stereocenters. The van der Waals surface area contributed by atoms with Crippen LogP contribution in [0.25, 0.3) is 0 Å². The first kappa shape index (κ1) is 20.8. The first-order chi connectivity index (χ1) is 13.1. The van der Waals surface area contributed by atoms with Gasteiger partial charge in [0.2, 0.25) is 0 Å². The van der Waals surface area contributed by atoms with Crippen LogP contribution in [0.3, 0.4) is 0 Å². The molecule has 27 heavy (non-hydrogen) atoms. The van der Waals surface area contributed by atoms with Crippen LogP contribution in [0, 0.1) is 5.41 Å². The fraction of sp³-hybridized carbons (Fsp3) is 0.632. The van der Waals surface area contributed by atoms with E-state index in [0.717, 1.165) is 55.4 Å². The topological polar surface area (TPSA) is 69.6 Å². The highest BCUT2D eigenvalue weighted by atomic mass is 35.5. The summed E-state index contributed by atoms with van der Waals surface area (Å²) >= 11 is 7.97. The van der Waals surface area contributed by atoms with E-state index in [0.29, 0.717) is 12.6 Å². The molecule has 3 N–H and O–H groups in total. The van der Waals surface area contributed by atoms with Crippen LogP contribution in [0.5, 0.6) is 0 Å². The van der Waals surface area contributed by atoms with E-state index in [2.05, 4.69) is 28.7 Å². The zero-order chi connectivity index (χ0) is 19.3. The van der Waals surface area contributed by atoms with Crippen molar-refractivity contribution in [3.63, 3.8) is 0 Å². The van der Waals surface area contributed by atoms with Crippen LogP contribution in [0.2, 0.25) is 4.34 Å². The summed E-state index contributed by atoms with van der Waals surface area (Å²) in [5.41, 5.74) is 4.95. The third kappa shape index (κ3) is 4.91. The molecule has 0 aromatic carbocycles. The summed E-state index contributed by atoms with van der Waals surface area (Å²) in [7, 11) is 1.60. The second-order valence-corrected chi connectivity index (χ2v) is 8.87. The molecule has 1 spiro atoms. The number of ether oxygens (including phenoxy) is 1. The van der Waals surface area contributed by atoms with Gasteiger partial charge in [-0.25, -0.2) is 5.48 Å². The van der Waals surface area contributed by atoms with Crippen LogP contribution in [-0.2, 0) is 21.6 Å². The number of rotatable bonds is 8. The Balaban J connectivity index is 1.60. The maximum absolute atomic E-state index is 7.71. The molecule has 3 heterocycles. The van der Waals surface area contributed by atoms with Gasteiger partial charge in [0.05, 0.1) is 18.1 Å². The van der Waals surface area contributed by atoms with Gasteiger partial charge in [0.15, 0.2) is 0 Å². The van der Waals surface area contributed by atoms with Gasteiger partial charge in [0, 0.05) is 49.5 Å². The van der Waals surface area contributed by atoms with Gasteiger partial charge in [-0.1, -0.05) is 11.6 Å². The summed E-state index contributed by atoms with van der Waals surface area (Å²) in [5, 5.41) is 10.9. The molecule has 1 unspecified atom stereocenters. The fourth-order valence-electron chi connectivity index (χ4n) is 4.01. The number of hydrogen-bond acceptors (Lipinski definition) is 7. The van der Waals surface area contributed by atoms with Gasteiger partial charge in [0.1, 0.15) is 5.60 Å². The molecule has 1 fully saturated rings. The molecule has 8 heteroatoms. The summed E-state index contributed by atoms with van der Waals surface area (Å²) in [4.78, 5) is 8.58. The van der Waals surface area contributed by atoms with E-state index in [1.807, 2.05) is 6.20 Å². The minimum atomic E-state index is -0.181. The molecule has 6 nitrogen and oxygen atoms in total. The normalized spacial score (nSPS) is 26.2. The van der Waals surface area contributed by atoms with Crippen LogP contribution in [0.15, 0.2) is 17.8 Å². The van der Waals surface area contributed by atoms with Crippen molar-refractivity contribution in [2.24, 2.45) is 0 Å². The van der Waals surface area contributed by atoms with Crippen LogP contribution in [0.1, 0.15) is 30.2 Å². The molecule has 0 radical (unpaired) electrons. The molecule has 1 saturated heterocycles. The maximum atomic E-state index is 7.71. The number of hydrogen-bond donors (Lipinski definition) is 3. The van der Waals surface area contributed by atoms with E-state index >= 15 is 0 Å². The Kier molecular flexibility index (Phi) is 7.30. The van der Waals surface area contributed by atoms with E-state index < -0.39 is 0 Å². The number of fused-ring (bicyclic) bond motifs is 2. The smallest absolute Gasteiger partial charge is 0.105 e. The number of thiophene rings is 1. The zero-order valence-corrected chi connectivity index (χ0v) is 17.6. The van der Waals surface area contributed by atoms with Gasteiger partial charge in [-0.2, -0.15) is 0 Å². The maximum Gasteiger partial charge on any atom is 0.105 e. The lowest BCUT2D eigenvalue weighted by Crippen LogP contribution is -2.50. The molecule has 0 saturated carbocycles. The predicted molar refractivity (Wildman–Crippen MR) is 111 cm³/mol. The van der Waals surface area contributed by atoms with Crippen molar-refractivity contribution in [1.82, 2.24) is 15.7 Å². The minimum absolute atomic E-state index is 0.181. The van der Waals surface area contributed by atoms with Crippen LogP contribution in [0.4, 0.5) is 0 Å². The summed E-state index contributed by atoms with van der Waals surface area (Å²) in [5.74, 6) is 0. The monoisotopic (exact) mass is 412 g/mol. The van der Waals surface area contributed by atoms with Gasteiger partial charge >= 0.3 is 0 Å². The standard InChI is InChI=1S/C19H29ClN4O2S/c1-14-10-19(18-16(3-8-26-19)9-17(20)27-18)4-7-24(14)13-15(11-21)12-22-5-6-23-25-2/h9,11-12,14,21-23H,3-8,10,13H2,1-2H3/b15-12+,21-11?/t14-,19?/m0/s1. The number of hydroxylamine groups is 1.